The normalized spacial score (nSPS) is 13.4. The van der Waals surface area contributed by atoms with Crippen LogP contribution >= 0.6 is 0 Å². The van der Waals surface area contributed by atoms with E-state index in [4.69, 9.17) is 5.73 Å². The number of hydrogen-bond acceptors (Lipinski definition) is 5. The Kier molecular flexibility index (Phi) is 3.38. The summed E-state index contributed by atoms with van der Waals surface area (Å²) in [5.41, 5.74) is 4.16. The molecule has 1 unspecified atom stereocenters. The molecule has 1 aromatic heterocycles. The third-order valence-corrected chi connectivity index (χ3v) is 2.86. The van der Waals surface area contributed by atoms with Crippen LogP contribution in [0.2, 0.25) is 0 Å². The van der Waals surface area contributed by atoms with Crippen molar-refractivity contribution in [3.05, 3.63) is 41.7 Å². The molecule has 0 radical (unpaired) electrons. The first-order valence-corrected chi connectivity index (χ1v) is 5.73. The van der Waals surface area contributed by atoms with E-state index in [1.54, 1.807) is 30.3 Å². The van der Waals surface area contributed by atoms with Crippen molar-refractivity contribution < 1.29 is 14.7 Å². The summed E-state index contributed by atoms with van der Waals surface area (Å²) in [4.78, 5) is 27.1. The summed E-state index contributed by atoms with van der Waals surface area (Å²) in [7, 11) is 0. The summed E-state index contributed by atoms with van der Waals surface area (Å²) in [6.45, 7) is 1.39. The van der Waals surface area contributed by atoms with Gasteiger partial charge >= 0.3 is 5.97 Å². The summed E-state index contributed by atoms with van der Waals surface area (Å²) in [6.07, 6.45) is 0. The highest BCUT2D eigenvalue weighted by atomic mass is 16.4. The molecule has 0 saturated carbocycles. The van der Waals surface area contributed by atoms with Crippen molar-refractivity contribution in [2.24, 2.45) is 0 Å². The monoisotopic (exact) mass is 275 g/mol. The van der Waals surface area contributed by atoms with Gasteiger partial charge in [-0.25, -0.2) is 4.79 Å². The third-order valence-electron chi connectivity index (χ3n) is 2.86. The van der Waals surface area contributed by atoms with Gasteiger partial charge in [-0.2, -0.15) is 4.98 Å². The van der Waals surface area contributed by atoms with Crippen molar-refractivity contribution in [1.82, 2.24) is 20.5 Å². The quantitative estimate of drug-likeness (QED) is 0.626. The second-order valence-electron chi connectivity index (χ2n) is 4.29. The minimum atomic E-state index is -1.58. The van der Waals surface area contributed by atoms with Crippen molar-refractivity contribution in [3.8, 4) is 0 Å². The predicted octanol–water partition coefficient (Wildman–Crippen LogP) is 0.117. The van der Waals surface area contributed by atoms with Crippen LogP contribution in [0.1, 0.15) is 23.1 Å². The average Bonchev–Trinajstić information content (AvgIpc) is 2.86. The number of nitrogens with one attached hydrogen (secondary N) is 2. The Labute approximate surface area is 114 Å². The topological polar surface area (TPSA) is 134 Å². The van der Waals surface area contributed by atoms with Crippen LogP contribution in [-0.2, 0) is 10.3 Å². The summed E-state index contributed by atoms with van der Waals surface area (Å²) in [5, 5.41) is 17.7. The van der Waals surface area contributed by atoms with Crippen molar-refractivity contribution in [2.45, 2.75) is 12.5 Å². The van der Waals surface area contributed by atoms with Gasteiger partial charge < -0.3 is 16.2 Å². The Bertz CT molecular complexity index is 640. The standard InChI is InChI=1S/C12H13N5O3/c1-12(10(19)20,7-5-3-2-4-6-7)15-9(18)8-14-11(13)17-16-8/h2-6H,1H3,(H,15,18)(H,19,20)(H3,13,14,16,17). The molecule has 2 rings (SSSR count). The van der Waals surface area contributed by atoms with E-state index < -0.39 is 17.4 Å². The molecule has 1 heterocycles. The van der Waals surface area contributed by atoms with Crippen molar-refractivity contribution in [2.75, 3.05) is 5.73 Å². The zero-order valence-corrected chi connectivity index (χ0v) is 10.6. The minimum Gasteiger partial charge on any atom is -0.479 e. The van der Waals surface area contributed by atoms with Crippen LogP contribution in [0.3, 0.4) is 0 Å². The Hall–Kier alpha value is -2.90. The average molecular weight is 275 g/mol. The molecule has 8 heteroatoms. The van der Waals surface area contributed by atoms with Gasteiger partial charge in [-0.1, -0.05) is 30.3 Å². The van der Waals surface area contributed by atoms with Crippen molar-refractivity contribution in [3.63, 3.8) is 0 Å². The number of carboxylic acid groups (broad SMARTS) is 1. The predicted molar refractivity (Wildman–Crippen MR) is 69.7 cm³/mol. The van der Waals surface area contributed by atoms with E-state index in [2.05, 4.69) is 20.5 Å². The number of carbonyl (C=O) groups is 2. The molecule has 0 bridgehead atoms. The number of hydrogen-bond donors (Lipinski definition) is 4. The van der Waals surface area contributed by atoms with Crippen LogP contribution in [0.4, 0.5) is 5.95 Å². The smallest absolute Gasteiger partial charge is 0.333 e. The number of nitrogen functional groups attached to an aromatic ring is 1. The Balaban J connectivity index is 2.31. The van der Waals surface area contributed by atoms with E-state index in [1.807, 2.05) is 0 Å². The van der Waals surface area contributed by atoms with Crippen LogP contribution in [0.5, 0.6) is 0 Å². The molecule has 8 nitrogen and oxygen atoms in total. The molecule has 1 amide bonds. The lowest BCUT2D eigenvalue weighted by atomic mass is 9.92. The number of amides is 1. The van der Waals surface area contributed by atoms with Crippen LogP contribution < -0.4 is 11.1 Å². The SMILES string of the molecule is CC(NC(=O)c1nc(N)n[nH]1)(C(=O)O)c1ccccc1. The number of benzene rings is 1. The summed E-state index contributed by atoms with van der Waals surface area (Å²) in [5.74, 6) is -2.13. The van der Waals surface area contributed by atoms with Gasteiger partial charge in [-0.3, -0.25) is 9.89 Å². The first-order chi connectivity index (χ1) is 9.43. The molecule has 0 spiro atoms. The number of nitrogens with two attached hydrogens (primary N) is 1. The van der Waals surface area contributed by atoms with E-state index in [9.17, 15) is 14.7 Å². The fourth-order valence-electron chi connectivity index (χ4n) is 1.68. The van der Waals surface area contributed by atoms with Gasteiger partial charge in [0.15, 0.2) is 5.54 Å². The number of anilines is 1. The molecule has 1 atom stereocenters. The zero-order valence-electron chi connectivity index (χ0n) is 10.6. The molecule has 0 aliphatic carbocycles. The molecule has 0 saturated heterocycles. The highest BCUT2D eigenvalue weighted by Crippen LogP contribution is 2.21. The van der Waals surface area contributed by atoms with E-state index in [-0.39, 0.29) is 11.8 Å². The van der Waals surface area contributed by atoms with Crippen molar-refractivity contribution >= 4 is 17.8 Å². The highest BCUT2D eigenvalue weighted by Gasteiger charge is 2.37. The molecule has 0 aliphatic rings. The van der Waals surface area contributed by atoms with Gasteiger partial charge in [0.05, 0.1) is 0 Å². The molecule has 20 heavy (non-hydrogen) atoms. The molecule has 5 N–H and O–H groups in total. The van der Waals surface area contributed by atoms with Crippen LogP contribution in [0.25, 0.3) is 0 Å². The van der Waals surface area contributed by atoms with E-state index in [0.29, 0.717) is 5.56 Å². The number of H-pyrrole nitrogens is 1. The molecule has 2 aromatic rings. The number of nitrogens with zero attached hydrogens (tertiary/aromatic N) is 2. The molecule has 104 valence electrons. The maximum atomic E-state index is 12.0. The highest BCUT2D eigenvalue weighted by molar-refractivity contribution is 5.95. The van der Waals surface area contributed by atoms with Gasteiger partial charge in [-0.15, -0.1) is 5.10 Å². The molecular formula is C12H13N5O3. The van der Waals surface area contributed by atoms with E-state index in [1.165, 1.54) is 6.92 Å². The van der Waals surface area contributed by atoms with Crippen LogP contribution in [0.15, 0.2) is 30.3 Å². The number of aromatic amines is 1. The third kappa shape index (κ3) is 2.44. The molecule has 0 aliphatic heterocycles. The number of rotatable bonds is 4. The van der Waals surface area contributed by atoms with Gasteiger partial charge in [-0.05, 0) is 12.5 Å². The lowest BCUT2D eigenvalue weighted by Crippen LogP contribution is -2.49. The van der Waals surface area contributed by atoms with Crippen LogP contribution in [0, 0.1) is 0 Å². The largest absolute Gasteiger partial charge is 0.479 e. The second kappa shape index (κ2) is 5.00. The zero-order chi connectivity index (χ0) is 14.8. The maximum Gasteiger partial charge on any atom is 0.333 e. The van der Waals surface area contributed by atoms with Crippen LogP contribution in [-0.4, -0.2) is 32.2 Å². The maximum absolute atomic E-state index is 12.0. The fourth-order valence-corrected chi connectivity index (χ4v) is 1.68. The fraction of sp³-hybridized carbons (Fsp3) is 0.167. The number of aliphatic carboxylic acids is 1. The number of carbonyl (C=O) groups excluding carboxylic acids is 1. The van der Waals surface area contributed by atoms with Gasteiger partial charge in [0.2, 0.25) is 11.8 Å². The minimum absolute atomic E-state index is 0.0908. The molecule has 1 aromatic carbocycles. The molecule has 0 fully saturated rings. The van der Waals surface area contributed by atoms with Crippen molar-refractivity contribution in [1.29, 1.82) is 0 Å². The Morgan fingerprint density at radius 2 is 2.00 bits per heavy atom. The first kappa shape index (κ1) is 13.5. The summed E-state index contributed by atoms with van der Waals surface area (Å²) in [6, 6.07) is 8.36. The van der Waals surface area contributed by atoms with Gasteiger partial charge in [0, 0.05) is 0 Å². The lowest BCUT2D eigenvalue weighted by Gasteiger charge is -2.26. The molecular weight excluding hydrogens is 262 g/mol. The lowest BCUT2D eigenvalue weighted by molar-refractivity contribution is -0.144. The van der Waals surface area contributed by atoms with Gasteiger partial charge in [0.1, 0.15) is 0 Å². The van der Waals surface area contributed by atoms with E-state index in [0.717, 1.165) is 0 Å². The Morgan fingerprint density at radius 3 is 2.50 bits per heavy atom. The Morgan fingerprint density at radius 1 is 1.35 bits per heavy atom. The van der Waals surface area contributed by atoms with Gasteiger partial charge in [0.25, 0.3) is 5.91 Å². The van der Waals surface area contributed by atoms with E-state index >= 15 is 0 Å². The second-order valence-corrected chi connectivity index (χ2v) is 4.29. The first-order valence-electron chi connectivity index (χ1n) is 5.73. The number of aromatic nitrogens is 3. The number of carboxylic acids is 1. The summed E-state index contributed by atoms with van der Waals surface area (Å²) >= 11 is 0. The summed E-state index contributed by atoms with van der Waals surface area (Å²) < 4.78 is 0.